The first kappa shape index (κ1) is 18.3. The second kappa shape index (κ2) is 9.34. The highest BCUT2D eigenvalue weighted by Gasteiger charge is 2.15. The van der Waals surface area contributed by atoms with E-state index < -0.39 is 11.9 Å². The van der Waals surface area contributed by atoms with Crippen LogP contribution in [0.15, 0.2) is 30.0 Å². The molecule has 0 fully saturated rings. The summed E-state index contributed by atoms with van der Waals surface area (Å²) in [7, 11) is 3.03. The number of hydrogen-bond acceptors (Lipinski definition) is 7. The van der Waals surface area contributed by atoms with Gasteiger partial charge in [-0.05, 0) is 26.0 Å². The van der Waals surface area contributed by atoms with Gasteiger partial charge in [0.1, 0.15) is 5.70 Å². The van der Waals surface area contributed by atoms with Gasteiger partial charge in [-0.15, -0.1) is 0 Å². The van der Waals surface area contributed by atoms with Gasteiger partial charge in [0.2, 0.25) is 0 Å². The van der Waals surface area contributed by atoms with Gasteiger partial charge in [-0.1, -0.05) is 0 Å². The van der Waals surface area contributed by atoms with Crippen molar-refractivity contribution in [2.24, 2.45) is 0 Å². The van der Waals surface area contributed by atoms with Crippen LogP contribution in [0.3, 0.4) is 0 Å². The molecule has 0 unspecified atom stereocenters. The Balaban J connectivity index is 3.05. The number of carbonyl (C=O) groups is 2. The molecule has 0 aliphatic carbocycles. The average Bonchev–Trinajstić information content (AvgIpc) is 2.54. The van der Waals surface area contributed by atoms with Crippen LogP contribution < -0.4 is 14.8 Å². The standard InChI is InChI=1S/C16H21NO6/c1-5-22-15(18)10-12(16(19)23-6-2)17-11-7-8-13(20-3)14(9-11)21-4/h7-10,17H,5-6H2,1-4H3/b12-10+. The minimum atomic E-state index is -0.657. The predicted octanol–water partition coefficient (Wildman–Crippen LogP) is 2.13. The summed E-state index contributed by atoms with van der Waals surface area (Å²) in [4.78, 5) is 23.5. The molecule has 0 aliphatic rings. The quantitative estimate of drug-likeness (QED) is 0.579. The Morgan fingerprint density at radius 1 is 1.04 bits per heavy atom. The predicted molar refractivity (Wildman–Crippen MR) is 84.5 cm³/mol. The highest BCUT2D eigenvalue weighted by molar-refractivity contribution is 5.98. The molecule has 0 atom stereocenters. The summed E-state index contributed by atoms with van der Waals surface area (Å²) in [6.45, 7) is 3.75. The molecule has 0 amide bonds. The van der Waals surface area contributed by atoms with E-state index in [1.54, 1.807) is 32.0 Å². The third-order valence-corrected chi connectivity index (χ3v) is 2.71. The number of carbonyl (C=O) groups excluding carboxylic acids is 2. The van der Waals surface area contributed by atoms with Crippen LogP contribution in [0, 0.1) is 0 Å². The maximum Gasteiger partial charge on any atom is 0.355 e. The zero-order valence-electron chi connectivity index (χ0n) is 13.7. The third-order valence-electron chi connectivity index (χ3n) is 2.71. The van der Waals surface area contributed by atoms with Crippen molar-refractivity contribution in [3.63, 3.8) is 0 Å². The number of anilines is 1. The number of methoxy groups -OCH3 is 2. The Morgan fingerprint density at radius 2 is 1.70 bits per heavy atom. The van der Waals surface area contributed by atoms with Crippen molar-refractivity contribution < 1.29 is 28.5 Å². The lowest BCUT2D eigenvalue weighted by molar-refractivity contribution is -0.140. The minimum Gasteiger partial charge on any atom is -0.493 e. The molecule has 0 bridgehead atoms. The maximum atomic E-state index is 11.9. The largest absolute Gasteiger partial charge is 0.493 e. The summed E-state index contributed by atoms with van der Waals surface area (Å²) in [5.74, 6) is -0.263. The van der Waals surface area contributed by atoms with Crippen LogP contribution in [-0.4, -0.2) is 39.4 Å². The van der Waals surface area contributed by atoms with Gasteiger partial charge in [-0.2, -0.15) is 0 Å². The molecule has 0 saturated carbocycles. The van der Waals surface area contributed by atoms with E-state index in [1.807, 2.05) is 0 Å². The van der Waals surface area contributed by atoms with E-state index in [4.69, 9.17) is 18.9 Å². The van der Waals surface area contributed by atoms with Gasteiger partial charge in [0, 0.05) is 11.8 Å². The summed E-state index contributed by atoms with van der Waals surface area (Å²) in [6, 6.07) is 4.99. The molecule has 0 aliphatic heterocycles. The number of esters is 2. The molecular formula is C16H21NO6. The summed E-state index contributed by atoms with van der Waals surface area (Å²) < 4.78 is 20.1. The Hall–Kier alpha value is -2.70. The number of benzene rings is 1. The van der Waals surface area contributed by atoms with Gasteiger partial charge in [-0.3, -0.25) is 0 Å². The van der Waals surface area contributed by atoms with E-state index in [9.17, 15) is 9.59 Å². The van der Waals surface area contributed by atoms with Crippen molar-refractivity contribution in [3.05, 3.63) is 30.0 Å². The highest BCUT2D eigenvalue weighted by atomic mass is 16.5. The van der Waals surface area contributed by atoms with E-state index in [1.165, 1.54) is 14.2 Å². The Bertz CT molecular complexity index is 582. The topological polar surface area (TPSA) is 83.1 Å². The normalized spacial score (nSPS) is 10.7. The van der Waals surface area contributed by atoms with Crippen LogP contribution in [-0.2, 0) is 19.1 Å². The fraction of sp³-hybridized carbons (Fsp3) is 0.375. The van der Waals surface area contributed by atoms with Gasteiger partial charge in [0.25, 0.3) is 0 Å². The van der Waals surface area contributed by atoms with Crippen LogP contribution in [0.25, 0.3) is 0 Å². The fourth-order valence-electron chi connectivity index (χ4n) is 1.73. The molecule has 23 heavy (non-hydrogen) atoms. The molecule has 0 aromatic heterocycles. The molecule has 7 heteroatoms. The Labute approximate surface area is 135 Å². The summed E-state index contributed by atoms with van der Waals surface area (Å²) >= 11 is 0. The molecule has 1 aromatic rings. The van der Waals surface area contributed by atoms with Crippen LogP contribution in [0.4, 0.5) is 5.69 Å². The molecule has 1 N–H and O–H groups in total. The van der Waals surface area contributed by atoms with Crippen molar-refractivity contribution in [3.8, 4) is 11.5 Å². The van der Waals surface area contributed by atoms with E-state index in [-0.39, 0.29) is 18.9 Å². The molecule has 0 spiro atoms. The van der Waals surface area contributed by atoms with E-state index in [2.05, 4.69) is 5.32 Å². The van der Waals surface area contributed by atoms with Gasteiger partial charge >= 0.3 is 11.9 Å². The lowest BCUT2D eigenvalue weighted by Gasteiger charge is -2.13. The lowest BCUT2D eigenvalue weighted by atomic mass is 10.2. The molecular weight excluding hydrogens is 302 g/mol. The zero-order chi connectivity index (χ0) is 17.2. The molecule has 1 rings (SSSR count). The van der Waals surface area contributed by atoms with Crippen LogP contribution in [0.1, 0.15) is 13.8 Å². The monoisotopic (exact) mass is 323 g/mol. The second-order valence-corrected chi connectivity index (χ2v) is 4.23. The molecule has 126 valence electrons. The average molecular weight is 323 g/mol. The van der Waals surface area contributed by atoms with Crippen molar-refractivity contribution in [2.75, 3.05) is 32.8 Å². The second-order valence-electron chi connectivity index (χ2n) is 4.23. The van der Waals surface area contributed by atoms with Gasteiger partial charge in [0.05, 0.1) is 33.5 Å². The van der Waals surface area contributed by atoms with Gasteiger partial charge < -0.3 is 24.3 Å². The van der Waals surface area contributed by atoms with Crippen molar-refractivity contribution in [1.82, 2.24) is 0 Å². The first-order valence-electron chi connectivity index (χ1n) is 7.10. The van der Waals surface area contributed by atoms with E-state index in [0.717, 1.165) is 6.08 Å². The zero-order valence-corrected chi connectivity index (χ0v) is 13.7. The van der Waals surface area contributed by atoms with Crippen LogP contribution in [0.5, 0.6) is 11.5 Å². The first-order chi connectivity index (χ1) is 11.0. The first-order valence-corrected chi connectivity index (χ1v) is 7.10. The SMILES string of the molecule is CCOC(=O)/C=C(/Nc1ccc(OC)c(OC)c1)C(=O)OCC. The maximum absolute atomic E-state index is 11.9. The Kier molecular flexibility index (Phi) is 7.45. The van der Waals surface area contributed by atoms with Gasteiger partial charge in [-0.25, -0.2) is 9.59 Å². The molecule has 7 nitrogen and oxygen atoms in total. The third kappa shape index (κ3) is 5.54. The van der Waals surface area contributed by atoms with Gasteiger partial charge in [0.15, 0.2) is 11.5 Å². The number of hydrogen-bond donors (Lipinski definition) is 1. The van der Waals surface area contributed by atoms with Crippen molar-refractivity contribution in [2.45, 2.75) is 13.8 Å². The fourth-order valence-corrected chi connectivity index (χ4v) is 1.73. The smallest absolute Gasteiger partial charge is 0.355 e. The number of rotatable bonds is 8. The van der Waals surface area contributed by atoms with Crippen molar-refractivity contribution in [1.29, 1.82) is 0 Å². The summed E-state index contributed by atoms with van der Waals surface area (Å²) in [6.07, 6.45) is 1.05. The van der Waals surface area contributed by atoms with Crippen LogP contribution >= 0.6 is 0 Å². The van der Waals surface area contributed by atoms with E-state index in [0.29, 0.717) is 17.2 Å². The number of ether oxygens (including phenoxy) is 4. The summed E-state index contributed by atoms with van der Waals surface area (Å²) in [5.41, 5.74) is 0.503. The lowest BCUT2D eigenvalue weighted by Crippen LogP contribution is -2.17. The molecule has 0 saturated heterocycles. The molecule has 0 heterocycles. The van der Waals surface area contributed by atoms with Crippen molar-refractivity contribution >= 4 is 17.6 Å². The molecule has 1 aromatic carbocycles. The minimum absolute atomic E-state index is 0.0301. The highest BCUT2D eigenvalue weighted by Crippen LogP contribution is 2.30. The Morgan fingerprint density at radius 3 is 2.26 bits per heavy atom. The van der Waals surface area contributed by atoms with E-state index >= 15 is 0 Å². The molecule has 0 radical (unpaired) electrons. The number of nitrogens with one attached hydrogen (secondary N) is 1. The van der Waals surface area contributed by atoms with Crippen LogP contribution in [0.2, 0.25) is 0 Å². The summed E-state index contributed by atoms with van der Waals surface area (Å²) in [5, 5.41) is 2.83.